The lowest BCUT2D eigenvalue weighted by Gasteiger charge is -2.01. The van der Waals surface area contributed by atoms with Gasteiger partial charge in [0.05, 0.1) is 12.8 Å². The van der Waals surface area contributed by atoms with Gasteiger partial charge in [-0.3, -0.25) is 0 Å². The van der Waals surface area contributed by atoms with Crippen LogP contribution in [0.25, 0.3) is 10.1 Å². The topological polar surface area (TPSA) is 41.8 Å². The number of nitrogens with zero attached hydrogens (tertiary/aromatic N) is 1. The van der Waals surface area contributed by atoms with Crippen molar-refractivity contribution in [1.82, 2.24) is 0 Å². The first-order valence-electron chi connectivity index (χ1n) is 4.67. The third-order valence-electron chi connectivity index (χ3n) is 2.01. The number of fused-ring (bicyclic) bond motifs is 1. The van der Waals surface area contributed by atoms with Crippen LogP contribution in [0.4, 0.5) is 0 Å². The molecule has 0 atom stereocenters. The molecule has 15 heavy (non-hydrogen) atoms. The predicted molar refractivity (Wildman–Crippen MR) is 62.4 cm³/mol. The highest BCUT2D eigenvalue weighted by atomic mass is 32.1. The van der Waals surface area contributed by atoms with Gasteiger partial charge in [0.2, 0.25) is 0 Å². The van der Waals surface area contributed by atoms with Crippen LogP contribution >= 0.6 is 11.3 Å². The summed E-state index contributed by atoms with van der Waals surface area (Å²) in [6.45, 7) is 2.63. The fourth-order valence-corrected chi connectivity index (χ4v) is 2.37. The summed E-state index contributed by atoms with van der Waals surface area (Å²) in [6.07, 6.45) is 1.44. The zero-order valence-corrected chi connectivity index (χ0v) is 9.12. The zero-order valence-electron chi connectivity index (χ0n) is 8.30. The van der Waals surface area contributed by atoms with Crippen LogP contribution in [0, 0.1) is 0 Å². The molecule has 78 valence electrons. The highest BCUT2D eigenvalue weighted by molar-refractivity contribution is 7.20. The smallest absolute Gasteiger partial charge is 0.120 e. The summed E-state index contributed by atoms with van der Waals surface area (Å²) in [4.78, 5) is 0.932. The second kappa shape index (κ2) is 4.31. The Morgan fingerprint density at radius 1 is 1.47 bits per heavy atom. The van der Waals surface area contributed by atoms with Crippen molar-refractivity contribution in [2.45, 2.75) is 6.92 Å². The van der Waals surface area contributed by atoms with Crippen LogP contribution in [0.15, 0.2) is 29.4 Å². The summed E-state index contributed by atoms with van der Waals surface area (Å²) in [5, 5.41) is 12.6. The molecule has 0 fully saturated rings. The van der Waals surface area contributed by atoms with Gasteiger partial charge in [0, 0.05) is 9.58 Å². The van der Waals surface area contributed by atoms with Crippen molar-refractivity contribution >= 4 is 27.6 Å². The second-order valence-corrected chi connectivity index (χ2v) is 4.14. The highest BCUT2D eigenvalue weighted by Gasteiger charge is 2.01. The summed E-state index contributed by atoms with van der Waals surface area (Å²) in [5.41, 5.74) is 0. The monoisotopic (exact) mass is 221 g/mol. The van der Waals surface area contributed by atoms with Crippen LogP contribution in [-0.2, 0) is 0 Å². The van der Waals surface area contributed by atoms with E-state index in [4.69, 9.17) is 9.94 Å². The third-order valence-corrected chi connectivity index (χ3v) is 3.04. The molecule has 0 aliphatic carbocycles. The van der Waals surface area contributed by atoms with Crippen LogP contribution in [0.3, 0.4) is 0 Å². The molecule has 0 aliphatic rings. The van der Waals surface area contributed by atoms with Gasteiger partial charge in [-0.1, -0.05) is 5.16 Å². The van der Waals surface area contributed by atoms with Gasteiger partial charge in [-0.2, -0.15) is 0 Å². The Morgan fingerprint density at radius 2 is 2.33 bits per heavy atom. The Kier molecular flexibility index (Phi) is 2.87. The Balaban J connectivity index is 2.42. The summed E-state index contributed by atoms with van der Waals surface area (Å²) < 4.78 is 6.54. The molecule has 2 rings (SSSR count). The molecule has 3 nitrogen and oxygen atoms in total. The van der Waals surface area contributed by atoms with Gasteiger partial charge in [0.25, 0.3) is 0 Å². The molecule has 0 amide bonds. The van der Waals surface area contributed by atoms with Crippen molar-refractivity contribution in [2.75, 3.05) is 6.61 Å². The zero-order chi connectivity index (χ0) is 10.7. The largest absolute Gasteiger partial charge is 0.494 e. The molecule has 0 saturated carbocycles. The summed E-state index contributed by atoms with van der Waals surface area (Å²) in [6, 6.07) is 7.93. The van der Waals surface area contributed by atoms with Crippen molar-refractivity contribution in [1.29, 1.82) is 0 Å². The molecule has 0 unspecified atom stereocenters. The van der Waals surface area contributed by atoms with E-state index in [1.54, 1.807) is 11.3 Å². The average molecular weight is 221 g/mol. The summed E-state index contributed by atoms with van der Waals surface area (Å²) >= 11 is 1.57. The Bertz CT molecular complexity index is 490. The Hall–Kier alpha value is -1.55. The van der Waals surface area contributed by atoms with Gasteiger partial charge in [-0.25, -0.2) is 0 Å². The molecule has 1 aromatic heterocycles. The summed E-state index contributed by atoms with van der Waals surface area (Å²) in [5.74, 6) is 0.874. The molecule has 0 spiro atoms. The lowest BCUT2D eigenvalue weighted by molar-refractivity contribution is 0.322. The standard InChI is InChI=1S/C11H11NO2S/c1-2-14-9-4-3-8-5-10(7-12-13)15-11(8)6-9/h3-7,13H,2H2,1H3/b12-7+. The molecule has 2 aromatic rings. The molecular formula is C11H11NO2S. The van der Waals surface area contributed by atoms with E-state index < -0.39 is 0 Å². The Morgan fingerprint density at radius 3 is 3.07 bits per heavy atom. The first-order chi connectivity index (χ1) is 7.33. The number of hydrogen-bond donors (Lipinski definition) is 1. The molecule has 0 aliphatic heterocycles. The first kappa shape index (κ1) is 9.98. The van der Waals surface area contributed by atoms with E-state index in [-0.39, 0.29) is 0 Å². The number of rotatable bonds is 3. The normalized spacial score (nSPS) is 11.3. The number of thiophene rings is 1. The van der Waals surface area contributed by atoms with Crippen molar-refractivity contribution in [3.05, 3.63) is 29.1 Å². The fourth-order valence-electron chi connectivity index (χ4n) is 1.41. The number of oxime groups is 1. The van der Waals surface area contributed by atoms with Crippen molar-refractivity contribution < 1.29 is 9.94 Å². The number of hydrogen-bond acceptors (Lipinski definition) is 4. The minimum absolute atomic E-state index is 0.668. The number of ether oxygens (including phenoxy) is 1. The van der Waals surface area contributed by atoms with E-state index >= 15 is 0 Å². The molecule has 0 saturated heterocycles. The van der Waals surface area contributed by atoms with Crippen LogP contribution < -0.4 is 4.74 Å². The fraction of sp³-hybridized carbons (Fsp3) is 0.182. The van der Waals surface area contributed by atoms with Crippen LogP contribution in [-0.4, -0.2) is 18.0 Å². The van der Waals surface area contributed by atoms with Crippen molar-refractivity contribution in [3.8, 4) is 5.75 Å². The number of benzene rings is 1. The highest BCUT2D eigenvalue weighted by Crippen LogP contribution is 2.28. The van der Waals surface area contributed by atoms with Crippen LogP contribution in [0.2, 0.25) is 0 Å². The van der Waals surface area contributed by atoms with E-state index in [0.717, 1.165) is 20.7 Å². The van der Waals surface area contributed by atoms with Crippen molar-refractivity contribution in [3.63, 3.8) is 0 Å². The maximum atomic E-state index is 8.44. The minimum Gasteiger partial charge on any atom is -0.494 e. The molecule has 0 bridgehead atoms. The maximum absolute atomic E-state index is 8.44. The van der Waals surface area contributed by atoms with Gasteiger partial charge >= 0.3 is 0 Å². The van der Waals surface area contributed by atoms with E-state index in [2.05, 4.69) is 5.16 Å². The molecule has 1 N–H and O–H groups in total. The molecular weight excluding hydrogens is 210 g/mol. The van der Waals surface area contributed by atoms with Crippen LogP contribution in [0.5, 0.6) is 5.75 Å². The lowest BCUT2D eigenvalue weighted by Crippen LogP contribution is -1.89. The SMILES string of the molecule is CCOc1ccc2cc(/C=N/O)sc2c1. The van der Waals surface area contributed by atoms with Crippen molar-refractivity contribution in [2.24, 2.45) is 5.16 Å². The first-order valence-corrected chi connectivity index (χ1v) is 5.49. The van der Waals surface area contributed by atoms with Gasteiger partial charge in [0.15, 0.2) is 0 Å². The van der Waals surface area contributed by atoms with E-state index in [1.165, 1.54) is 6.21 Å². The van der Waals surface area contributed by atoms with Crippen LogP contribution in [0.1, 0.15) is 11.8 Å². The van der Waals surface area contributed by atoms with E-state index in [9.17, 15) is 0 Å². The quantitative estimate of drug-likeness (QED) is 0.491. The average Bonchev–Trinajstić information content (AvgIpc) is 2.60. The molecule has 4 heteroatoms. The summed E-state index contributed by atoms with van der Waals surface area (Å²) in [7, 11) is 0. The van der Waals surface area contributed by atoms with Gasteiger partial charge < -0.3 is 9.94 Å². The Labute approximate surface area is 91.6 Å². The molecule has 0 radical (unpaired) electrons. The van der Waals surface area contributed by atoms with E-state index in [0.29, 0.717) is 6.61 Å². The second-order valence-electron chi connectivity index (χ2n) is 3.03. The van der Waals surface area contributed by atoms with Gasteiger partial charge in [-0.15, -0.1) is 11.3 Å². The minimum atomic E-state index is 0.668. The third kappa shape index (κ3) is 2.10. The molecule has 1 heterocycles. The lowest BCUT2D eigenvalue weighted by atomic mass is 10.2. The van der Waals surface area contributed by atoms with Gasteiger partial charge in [-0.05, 0) is 36.6 Å². The maximum Gasteiger partial charge on any atom is 0.120 e. The molecule has 1 aromatic carbocycles. The van der Waals surface area contributed by atoms with Gasteiger partial charge in [0.1, 0.15) is 5.75 Å². The predicted octanol–water partition coefficient (Wildman–Crippen LogP) is 3.11. The van der Waals surface area contributed by atoms with E-state index in [1.807, 2.05) is 31.2 Å².